The minimum absolute atomic E-state index is 0.0676. The van der Waals surface area contributed by atoms with Gasteiger partial charge >= 0.3 is 0 Å². The highest BCUT2D eigenvalue weighted by molar-refractivity contribution is 7.90. The van der Waals surface area contributed by atoms with Crippen molar-refractivity contribution >= 4 is 21.4 Å². The van der Waals surface area contributed by atoms with Crippen LogP contribution in [0.25, 0.3) is 11.3 Å². The van der Waals surface area contributed by atoms with Crippen LogP contribution in [0.4, 0.5) is 0 Å². The Kier molecular flexibility index (Phi) is 6.98. The smallest absolute Gasteiger partial charge is 0.228 e. The molecule has 1 N–H and O–H groups in total. The van der Waals surface area contributed by atoms with E-state index in [0.29, 0.717) is 27.4 Å². The monoisotopic (exact) mass is 528 g/mol. The van der Waals surface area contributed by atoms with Crippen LogP contribution in [0.1, 0.15) is 16.7 Å². The number of aromatic nitrogens is 2. The van der Waals surface area contributed by atoms with Gasteiger partial charge < -0.3 is 9.67 Å². The van der Waals surface area contributed by atoms with Crippen LogP contribution in [-0.2, 0) is 27.7 Å². The second-order valence-electron chi connectivity index (χ2n) is 8.88. The van der Waals surface area contributed by atoms with Crippen LogP contribution in [0.5, 0.6) is 0 Å². The van der Waals surface area contributed by atoms with E-state index in [4.69, 9.17) is 11.6 Å². The van der Waals surface area contributed by atoms with E-state index >= 15 is 0 Å². The van der Waals surface area contributed by atoms with Gasteiger partial charge in [-0.3, -0.25) is 0 Å². The van der Waals surface area contributed by atoms with Crippen molar-refractivity contribution in [2.45, 2.75) is 23.1 Å². The summed E-state index contributed by atoms with van der Waals surface area (Å²) >= 11 is 6.13. The number of aliphatic hydroxyl groups is 1. The predicted octanol–water partition coefficient (Wildman–Crippen LogP) is 6.11. The van der Waals surface area contributed by atoms with Gasteiger partial charge in [0, 0.05) is 16.8 Å². The summed E-state index contributed by atoms with van der Waals surface area (Å²) in [6, 6.07) is 34.5. The number of sulfone groups is 1. The molecule has 0 spiro atoms. The number of imidazole rings is 1. The van der Waals surface area contributed by atoms with E-state index in [9.17, 15) is 13.5 Å². The summed E-state index contributed by atoms with van der Waals surface area (Å²) in [5.74, 6) is -0.205. The summed E-state index contributed by atoms with van der Waals surface area (Å²) in [6.45, 7) is -0.0676. The summed E-state index contributed by atoms with van der Waals surface area (Å²) in [5, 5.41) is 12.6. The zero-order valence-electron chi connectivity index (χ0n) is 19.9. The quantitative estimate of drug-likeness (QED) is 0.263. The van der Waals surface area contributed by atoms with Crippen LogP contribution in [0.15, 0.2) is 127 Å². The van der Waals surface area contributed by atoms with Gasteiger partial charge in [0.25, 0.3) is 0 Å². The molecule has 0 aliphatic carbocycles. The third-order valence-corrected chi connectivity index (χ3v) is 8.11. The van der Waals surface area contributed by atoms with Crippen molar-refractivity contribution in [2.75, 3.05) is 0 Å². The van der Waals surface area contributed by atoms with E-state index in [0.717, 1.165) is 5.56 Å². The van der Waals surface area contributed by atoms with Crippen LogP contribution >= 0.6 is 11.6 Å². The average Bonchev–Trinajstić information content (AvgIpc) is 3.35. The molecule has 1 unspecified atom stereocenters. The number of hydrogen-bond donors (Lipinski definition) is 1. The average molecular weight is 529 g/mol. The van der Waals surface area contributed by atoms with Crippen molar-refractivity contribution in [1.82, 2.24) is 9.55 Å². The van der Waals surface area contributed by atoms with E-state index in [1.165, 1.54) is 0 Å². The van der Waals surface area contributed by atoms with Crippen molar-refractivity contribution < 1.29 is 13.5 Å². The molecule has 7 heteroatoms. The number of benzene rings is 4. The Bertz CT molecular complexity index is 1590. The molecule has 0 bridgehead atoms. The molecule has 5 rings (SSSR count). The molecule has 0 aliphatic heterocycles. The van der Waals surface area contributed by atoms with Crippen molar-refractivity contribution in [3.05, 3.63) is 143 Å². The number of nitrogens with zero attached hydrogens (tertiary/aromatic N) is 2. The number of hydrogen-bond acceptors (Lipinski definition) is 4. The van der Waals surface area contributed by atoms with Crippen LogP contribution in [0.3, 0.4) is 0 Å². The van der Waals surface area contributed by atoms with Crippen LogP contribution in [-0.4, -0.2) is 23.1 Å². The molecule has 186 valence electrons. The first-order valence-corrected chi connectivity index (χ1v) is 13.8. The largest absolute Gasteiger partial charge is 0.378 e. The molecule has 0 amide bonds. The zero-order chi connectivity index (χ0) is 25.9. The van der Waals surface area contributed by atoms with Crippen molar-refractivity contribution in [3.8, 4) is 11.3 Å². The minimum Gasteiger partial charge on any atom is -0.378 e. The number of halogens is 1. The van der Waals surface area contributed by atoms with Gasteiger partial charge in [0.15, 0.2) is 0 Å². The fourth-order valence-electron chi connectivity index (χ4n) is 4.40. The highest BCUT2D eigenvalue weighted by Crippen LogP contribution is 2.34. The van der Waals surface area contributed by atoms with Gasteiger partial charge in [-0.25, -0.2) is 13.4 Å². The van der Waals surface area contributed by atoms with Gasteiger partial charge in [-0.15, -0.1) is 0 Å². The summed E-state index contributed by atoms with van der Waals surface area (Å²) in [5.41, 5.74) is 1.63. The fraction of sp³-hybridized carbons (Fsp3) is 0.100. The minimum atomic E-state index is -3.85. The summed E-state index contributed by atoms with van der Waals surface area (Å²) in [4.78, 5) is 4.58. The highest BCUT2D eigenvalue weighted by Gasteiger charge is 2.35. The normalized spacial score (nSPS) is 13.2. The number of rotatable bonds is 8. The molecular formula is C30H25ClN2O3S. The Morgan fingerprint density at radius 3 is 1.92 bits per heavy atom. The Morgan fingerprint density at radius 2 is 1.30 bits per heavy atom. The zero-order valence-corrected chi connectivity index (χ0v) is 21.5. The lowest BCUT2D eigenvalue weighted by molar-refractivity contribution is 0.0584. The molecule has 0 fully saturated rings. The van der Waals surface area contributed by atoms with Gasteiger partial charge in [0.05, 0.1) is 18.0 Å². The van der Waals surface area contributed by atoms with E-state index in [1.54, 1.807) is 59.3 Å². The highest BCUT2D eigenvalue weighted by atomic mass is 35.5. The lowest BCUT2D eigenvalue weighted by Crippen LogP contribution is -2.33. The molecule has 1 heterocycles. The SMILES string of the molecule is O=S(=O)(Cc1ccccc1)c1nc(-c2ccccc2)cn1CC(O)(c1ccccc1)c1ccc(Cl)cc1. The maximum Gasteiger partial charge on any atom is 0.228 e. The molecule has 5 aromatic rings. The topological polar surface area (TPSA) is 72.2 Å². The maximum absolute atomic E-state index is 13.7. The van der Waals surface area contributed by atoms with Crippen LogP contribution < -0.4 is 0 Å². The summed E-state index contributed by atoms with van der Waals surface area (Å²) in [7, 11) is -3.85. The molecule has 5 nitrogen and oxygen atoms in total. The Morgan fingerprint density at radius 1 is 0.757 bits per heavy atom. The molecule has 37 heavy (non-hydrogen) atoms. The molecule has 4 aromatic carbocycles. The van der Waals surface area contributed by atoms with Crippen molar-refractivity contribution in [1.29, 1.82) is 0 Å². The van der Waals surface area contributed by atoms with E-state index < -0.39 is 15.4 Å². The Hall–Kier alpha value is -3.71. The van der Waals surface area contributed by atoms with E-state index in [2.05, 4.69) is 4.98 Å². The van der Waals surface area contributed by atoms with Gasteiger partial charge in [-0.05, 0) is 28.8 Å². The standard InChI is InChI=1S/C30H25ClN2O3S/c31-27-18-16-26(17-19-27)30(34,25-14-8-3-9-15-25)22-33-20-28(24-12-6-2-7-13-24)32-29(33)37(35,36)21-23-10-4-1-5-11-23/h1-20,34H,21-22H2. The van der Waals surface area contributed by atoms with E-state index in [-0.39, 0.29) is 17.5 Å². The summed E-state index contributed by atoms with van der Waals surface area (Å²) < 4.78 is 28.9. The Labute approximate surface area is 221 Å². The van der Waals surface area contributed by atoms with Crippen LogP contribution in [0, 0.1) is 0 Å². The van der Waals surface area contributed by atoms with Crippen LogP contribution in [0.2, 0.25) is 5.02 Å². The fourth-order valence-corrected chi connectivity index (χ4v) is 6.00. The molecular weight excluding hydrogens is 504 g/mol. The maximum atomic E-state index is 13.7. The third-order valence-electron chi connectivity index (χ3n) is 6.26. The van der Waals surface area contributed by atoms with Gasteiger partial charge in [-0.2, -0.15) is 0 Å². The van der Waals surface area contributed by atoms with E-state index in [1.807, 2.05) is 66.7 Å². The van der Waals surface area contributed by atoms with Gasteiger partial charge in [0.1, 0.15) is 5.60 Å². The lowest BCUT2D eigenvalue weighted by atomic mass is 9.86. The molecule has 0 aliphatic rings. The Balaban J connectivity index is 1.65. The first-order chi connectivity index (χ1) is 17.8. The molecule has 0 saturated heterocycles. The molecule has 1 atom stereocenters. The second kappa shape index (κ2) is 10.3. The van der Waals surface area contributed by atoms with Crippen molar-refractivity contribution in [2.24, 2.45) is 0 Å². The second-order valence-corrected chi connectivity index (χ2v) is 11.2. The van der Waals surface area contributed by atoms with Crippen molar-refractivity contribution in [3.63, 3.8) is 0 Å². The lowest BCUT2D eigenvalue weighted by Gasteiger charge is -2.30. The first-order valence-electron chi connectivity index (χ1n) is 11.8. The molecule has 0 saturated carbocycles. The van der Waals surface area contributed by atoms with Gasteiger partial charge in [-0.1, -0.05) is 115 Å². The predicted molar refractivity (Wildman–Crippen MR) is 146 cm³/mol. The molecule has 1 aromatic heterocycles. The van der Waals surface area contributed by atoms with Gasteiger partial charge in [0.2, 0.25) is 15.0 Å². The summed E-state index contributed by atoms with van der Waals surface area (Å²) in [6.07, 6.45) is 1.69. The first kappa shape index (κ1) is 25.0. The third kappa shape index (κ3) is 5.37. The molecule has 0 radical (unpaired) electrons.